The van der Waals surface area contributed by atoms with Gasteiger partial charge in [-0.05, 0) is 25.7 Å². The molecule has 1 saturated heterocycles. The van der Waals surface area contributed by atoms with Gasteiger partial charge in [-0.15, -0.1) is 0 Å². The number of aliphatic hydroxyl groups is 1. The van der Waals surface area contributed by atoms with Crippen LogP contribution in [0.3, 0.4) is 0 Å². The summed E-state index contributed by atoms with van der Waals surface area (Å²) in [6, 6.07) is -1.38. The van der Waals surface area contributed by atoms with Crippen molar-refractivity contribution in [2.75, 3.05) is 6.54 Å². The van der Waals surface area contributed by atoms with Crippen molar-refractivity contribution in [1.82, 2.24) is 10.2 Å². The van der Waals surface area contributed by atoms with Crippen molar-refractivity contribution >= 4 is 12.0 Å². The van der Waals surface area contributed by atoms with Crippen LogP contribution in [0.4, 0.5) is 4.79 Å². The van der Waals surface area contributed by atoms with Gasteiger partial charge in [0.05, 0.1) is 6.10 Å². The first-order valence-corrected chi connectivity index (χ1v) is 6.91. The molecule has 1 heterocycles. The second-order valence-corrected chi connectivity index (χ2v) is 7.45. The number of aliphatic hydroxyl groups excluding tert-OH is 1. The smallest absolute Gasteiger partial charge is 0.326 e. The monoisotopic (exact) mass is 286 g/mol. The number of nitrogens with zero attached hydrogens (tertiary/aromatic N) is 1. The molecule has 0 bridgehead atoms. The summed E-state index contributed by atoms with van der Waals surface area (Å²) in [6.45, 7) is 10.1. The number of hydrogen-bond acceptors (Lipinski definition) is 3. The molecule has 0 aromatic rings. The zero-order valence-corrected chi connectivity index (χ0v) is 12.9. The van der Waals surface area contributed by atoms with E-state index in [2.05, 4.69) is 26.1 Å². The maximum Gasteiger partial charge on any atom is 0.326 e. The van der Waals surface area contributed by atoms with E-state index in [1.807, 2.05) is 13.8 Å². The number of likely N-dealkylation sites (tertiary alicyclic amines) is 1. The predicted molar refractivity (Wildman–Crippen MR) is 75.4 cm³/mol. The minimum Gasteiger partial charge on any atom is -0.480 e. The van der Waals surface area contributed by atoms with Crippen molar-refractivity contribution in [1.29, 1.82) is 0 Å². The molecule has 1 aliphatic heterocycles. The minimum absolute atomic E-state index is 0.0491. The summed E-state index contributed by atoms with van der Waals surface area (Å²) >= 11 is 0. The van der Waals surface area contributed by atoms with Gasteiger partial charge >= 0.3 is 12.0 Å². The molecule has 6 nitrogen and oxygen atoms in total. The standard InChI is InChI=1S/C14H26N2O4/c1-13(2,3)8-14(4,5)15-12(20)16-7-9(17)6-10(16)11(18)19/h9-10,17H,6-8H2,1-5H3,(H,15,20)(H,18,19)/t9-,10-/m1/s1. The molecule has 0 aromatic carbocycles. The largest absolute Gasteiger partial charge is 0.480 e. The fourth-order valence-corrected chi connectivity index (χ4v) is 3.00. The normalized spacial score (nSPS) is 23.8. The molecule has 0 radical (unpaired) electrons. The summed E-state index contributed by atoms with van der Waals surface area (Å²) in [5.41, 5.74) is -0.389. The first-order chi connectivity index (χ1) is 8.91. The van der Waals surface area contributed by atoms with Gasteiger partial charge in [0, 0.05) is 18.5 Å². The Hall–Kier alpha value is -1.30. The molecular formula is C14H26N2O4. The molecule has 1 fully saturated rings. The van der Waals surface area contributed by atoms with E-state index in [0.29, 0.717) is 0 Å². The van der Waals surface area contributed by atoms with E-state index in [4.69, 9.17) is 5.11 Å². The number of carbonyl (C=O) groups excluding carboxylic acids is 1. The molecule has 0 unspecified atom stereocenters. The third-order valence-corrected chi connectivity index (χ3v) is 3.24. The van der Waals surface area contributed by atoms with E-state index in [1.165, 1.54) is 4.90 Å². The van der Waals surface area contributed by atoms with E-state index >= 15 is 0 Å². The van der Waals surface area contributed by atoms with Gasteiger partial charge in [-0.3, -0.25) is 0 Å². The summed E-state index contributed by atoms with van der Waals surface area (Å²) < 4.78 is 0. The second-order valence-electron chi connectivity index (χ2n) is 7.45. The number of aliphatic carboxylic acids is 1. The Balaban J connectivity index is 2.72. The highest BCUT2D eigenvalue weighted by Crippen LogP contribution is 2.27. The van der Waals surface area contributed by atoms with Crippen molar-refractivity contribution in [3.63, 3.8) is 0 Å². The zero-order valence-electron chi connectivity index (χ0n) is 12.9. The van der Waals surface area contributed by atoms with Crippen LogP contribution in [0.1, 0.15) is 47.5 Å². The summed E-state index contributed by atoms with van der Waals surface area (Å²) in [5.74, 6) is -1.08. The van der Waals surface area contributed by atoms with Crippen LogP contribution in [0.25, 0.3) is 0 Å². The molecule has 0 aliphatic carbocycles. The maximum absolute atomic E-state index is 12.2. The number of carbonyl (C=O) groups is 2. The summed E-state index contributed by atoms with van der Waals surface area (Å²) in [4.78, 5) is 24.6. The Labute approximate surface area is 120 Å². The number of amides is 2. The van der Waals surface area contributed by atoms with E-state index in [1.54, 1.807) is 0 Å². The quantitative estimate of drug-likeness (QED) is 0.732. The lowest BCUT2D eigenvalue weighted by Gasteiger charge is -2.35. The van der Waals surface area contributed by atoms with E-state index in [-0.39, 0.29) is 18.4 Å². The molecule has 2 amide bonds. The fourth-order valence-electron chi connectivity index (χ4n) is 3.00. The summed E-state index contributed by atoms with van der Waals surface area (Å²) in [6.07, 6.45) is 0.0788. The van der Waals surface area contributed by atoms with Gasteiger partial charge in [0.2, 0.25) is 0 Å². The Morgan fingerprint density at radius 1 is 1.25 bits per heavy atom. The van der Waals surface area contributed by atoms with Gasteiger partial charge in [-0.2, -0.15) is 0 Å². The minimum atomic E-state index is -1.08. The van der Waals surface area contributed by atoms with Crippen LogP contribution >= 0.6 is 0 Å². The maximum atomic E-state index is 12.2. The molecule has 20 heavy (non-hydrogen) atoms. The molecule has 0 spiro atoms. The summed E-state index contributed by atoms with van der Waals surface area (Å²) in [7, 11) is 0. The van der Waals surface area contributed by atoms with Gasteiger partial charge in [-0.25, -0.2) is 9.59 Å². The van der Waals surface area contributed by atoms with Crippen LogP contribution < -0.4 is 5.32 Å². The van der Waals surface area contributed by atoms with Crippen LogP contribution in [0.15, 0.2) is 0 Å². The molecule has 0 saturated carbocycles. The predicted octanol–water partition coefficient (Wildman–Crippen LogP) is 1.43. The number of carboxylic acids is 1. The van der Waals surface area contributed by atoms with Gasteiger partial charge < -0.3 is 20.4 Å². The lowest BCUT2D eigenvalue weighted by Crippen LogP contribution is -2.54. The third kappa shape index (κ3) is 4.67. The van der Waals surface area contributed by atoms with Gasteiger partial charge in [-0.1, -0.05) is 20.8 Å². The average molecular weight is 286 g/mol. The second kappa shape index (κ2) is 5.60. The van der Waals surface area contributed by atoms with Gasteiger partial charge in [0.1, 0.15) is 6.04 Å². The Morgan fingerprint density at radius 3 is 2.25 bits per heavy atom. The molecule has 2 atom stereocenters. The first-order valence-electron chi connectivity index (χ1n) is 6.91. The van der Waals surface area contributed by atoms with Crippen LogP contribution in [-0.4, -0.2) is 51.3 Å². The van der Waals surface area contributed by atoms with Gasteiger partial charge in [0.25, 0.3) is 0 Å². The van der Waals surface area contributed by atoms with Crippen molar-refractivity contribution in [3.8, 4) is 0 Å². The highest BCUT2D eigenvalue weighted by Gasteiger charge is 2.40. The third-order valence-electron chi connectivity index (χ3n) is 3.24. The highest BCUT2D eigenvalue weighted by molar-refractivity contribution is 5.83. The van der Waals surface area contributed by atoms with Crippen LogP contribution in [0, 0.1) is 5.41 Å². The molecule has 1 rings (SSSR count). The van der Waals surface area contributed by atoms with Crippen LogP contribution in [0.2, 0.25) is 0 Å². The number of rotatable bonds is 3. The molecule has 0 aromatic heterocycles. The molecule has 3 N–H and O–H groups in total. The van der Waals surface area contributed by atoms with Crippen molar-refractivity contribution in [2.24, 2.45) is 5.41 Å². The van der Waals surface area contributed by atoms with Crippen molar-refractivity contribution in [3.05, 3.63) is 0 Å². The first kappa shape index (κ1) is 16.8. The Morgan fingerprint density at radius 2 is 1.80 bits per heavy atom. The number of urea groups is 1. The Bertz CT molecular complexity index is 387. The highest BCUT2D eigenvalue weighted by atomic mass is 16.4. The summed E-state index contributed by atoms with van der Waals surface area (Å²) in [5, 5.41) is 21.5. The van der Waals surface area contributed by atoms with Crippen LogP contribution in [0.5, 0.6) is 0 Å². The van der Waals surface area contributed by atoms with Crippen molar-refractivity contribution < 1.29 is 19.8 Å². The molecule has 6 heteroatoms. The van der Waals surface area contributed by atoms with Crippen LogP contribution in [-0.2, 0) is 4.79 Å². The molecule has 116 valence electrons. The SMILES string of the molecule is CC(C)(C)CC(C)(C)NC(=O)N1C[C@H](O)C[C@@H]1C(=O)O. The zero-order chi connectivity index (χ0) is 15.7. The Kier molecular flexibility index (Phi) is 4.69. The lowest BCUT2D eigenvalue weighted by molar-refractivity contribution is -0.141. The number of β-amino-alcohol motifs (C(OH)–C–C–N with tert-alkyl or cyclic N) is 1. The van der Waals surface area contributed by atoms with Gasteiger partial charge in [0.15, 0.2) is 0 Å². The average Bonchev–Trinajstić information content (AvgIpc) is 2.55. The van der Waals surface area contributed by atoms with Crippen molar-refractivity contribution in [2.45, 2.75) is 65.1 Å². The number of carboxylic acid groups (broad SMARTS) is 1. The van der Waals surface area contributed by atoms with E-state index < -0.39 is 29.7 Å². The van der Waals surface area contributed by atoms with E-state index in [9.17, 15) is 14.7 Å². The molecular weight excluding hydrogens is 260 g/mol. The number of hydrogen-bond donors (Lipinski definition) is 3. The topological polar surface area (TPSA) is 89.9 Å². The number of nitrogens with one attached hydrogen (secondary N) is 1. The molecule has 1 aliphatic rings. The fraction of sp³-hybridized carbons (Fsp3) is 0.857. The van der Waals surface area contributed by atoms with E-state index in [0.717, 1.165) is 6.42 Å². The lowest BCUT2D eigenvalue weighted by atomic mass is 9.82.